The minimum Gasteiger partial charge on any atom is -0.454 e. The molecule has 0 radical (unpaired) electrons. The standard InChI is InChI=1S/C12H17N3O2/c1-12(2,3)15-11(13)14-8-4-5-9-10(6-8)17-7-16-9/h4-6H,7H2,1-3H3,(H3,13,14,15). The maximum atomic E-state index is 5.80. The Morgan fingerprint density at radius 3 is 2.71 bits per heavy atom. The number of hydrogen-bond acceptors (Lipinski definition) is 3. The van der Waals surface area contributed by atoms with Gasteiger partial charge >= 0.3 is 0 Å². The van der Waals surface area contributed by atoms with Crippen molar-refractivity contribution in [2.75, 3.05) is 12.1 Å². The van der Waals surface area contributed by atoms with Gasteiger partial charge in [-0.2, -0.15) is 0 Å². The van der Waals surface area contributed by atoms with Crippen LogP contribution >= 0.6 is 0 Å². The van der Waals surface area contributed by atoms with Crippen LogP contribution in [0.2, 0.25) is 0 Å². The van der Waals surface area contributed by atoms with Gasteiger partial charge in [0.15, 0.2) is 17.5 Å². The monoisotopic (exact) mass is 235 g/mol. The summed E-state index contributed by atoms with van der Waals surface area (Å²) in [5, 5.41) is 3.02. The summed E-state index contributed by atoms with van der Waals surface area (Å²) in [6.45, 7) is 6.23. The van der Waals surface area contributed by atoms with Gasteiger partial charge in [-0.05, 0) is 32.9 Å². The summed E-state index contributed by atoms with van der Waals surface area (Å²) in [4.78, 5) is 4.31. The predicted molar refractivity (Wildman–Crippen MR) is 67.6 cm³/mol. The van der Waals surface area contributed by atoms with Crippen molar-refractivity contribution in [3.8, 4) is 11.5 Å². The van der Waals surface area contributed by atoms with Crippen LogP contribution in [0.5, 0.6) is 11.5 Å². The molecular weight excluding hydrogens is 218 g/mol. The second-order valence-electron chi connectivity index (χ2n) is 4.86. The van der Waals surface area contributed by atoms with Gasteiger partial charge in [0.25, 0.3) is 0 Å². The Balaban J connectivity index is 2.12. The molecule has 2 rings (SSSR count). The summed E-state index contributed by atoms with van der Waals surface area (Å²) < 4.78 is 10.5. The molecule has 5 heteroatoms. The molecule has 1 heterocycles. The Bertz CT molecular complexity index is 450. The Kier molecular flexibility index (Phi) is 2.83. The first kappa shape index (κ1) is 11.6. The van der Waals surface area contributed by atoms with E-state index in [1.165, 1.54) is 0 Å². The molecular formula is C12H17N3O2. The fourth-order valence-electron chi connectivity index (χ4n) is 1.51. The summed E-state index contributed by atoms with van der Waals surface area (Å²) in [5.41, 5.74) is 6.44. The maximum Gasteiger partial charge on any atom is 0.231 e. The second kappa shape index (κ2) is 4.16. The van der Waals surface area contributed by atoms with Crippen LogP contribution in [0.25, 0.3) is 0 Å². The lowest BCUT2D eigenvalue weighted by Gasteiger charge is -2.14. The van der Waals surface area contributed by atoms with Crippen LogP contribution in [0.15, 0.2) is 23.2 Å². The third-order valence-electron chi connectivity index (χ3n) is 2.10. The highest BCUT2D eigenvalue weighted by Gasteiger charge is 2.14. The molecule has 0 unspecified atom stereocenters. The van der Waals surface area contributed by atoms with Gasteiger partial charge in [-0.25, -0.2) is 4.99 Å². The van der Waals surface area contributed by atoms with Crippen LogP contribution in [0.1, 0.15) is 20.8 Å². The molecule has 92 valence electrons. The van der Waals surface area contributed by atoms with Gasteiger partial charge in [0.1, 0.15) is 0 Å². The fraction of sp³-hybridized carbons (Fsp3) is 0.417. The van der Waals surface area contributed by atoms with Gasteiger partial charge in [0, 0.05) is 11.8 Å². The Hall–Kier alpha value is -1.91. The molecule has 1 aromatic carbocycles. The summed E-state index contributed by atoms with van der Waals surface area (Å²) in [6, 6.07) is 5.56. The van der Waals surface area contributed by atoms with E-state index in [2.05, 4.69) is 10.3 Å². The molecule has 0 amide bonds. The molecule has 1 aromatic rings. The molecule has 1 aliphatic heterocycles. The smallest absolute Gasteiger partial charge is 0.231 e. The van der Waals surface area contributed by atoms with Gasteiger partial charge in [0.05, 0.1) is 5.54 Å². The van der Waals surface area contributed by atoms with Crippen LogP contribution in [0, 0.1) is 0 Å². The highest BCUT2D eigenvalue weighted by atomic mass is 16.7. The second-order valence-corrected chi connectivity index (χ2v) is 4.86. The number of hydrogen-bond donors (Lipinski definition) is 2. The van der Waals surface area contributed by atoms with E-state index in [1.54, 1.807) is 0 Å². The summed E-state index contributed by atoms with van der Waals surface area (Å²) >= 11 is 0. The molecule has 0 saturated heterocycles. The van der Waals surface area contributed by atoms with Crippen molar-refractivity contribution in [2.24, 2.45) is 10.7 Å². The quantitative estimate of drug-likeness (QED) is 0.576. The summed E-state index contributed by atoms with van der Waals surface area (Å²) in [7, 11) is 0. The predicted octanol–water partition coefficient (Wildman–Crippen LogP) is 1.94. The molecule has 5 nitrogen and oxygen atoms in total. The number of ether oxygens (including phenoxy) is 2. The van der Waals surface area contributed by atoms with Gasteiger partial charge in [-0.15, -0.1) is 0 Å². The van der Waals surface area contributed by atoms with E-state index in [0.717, 1.165) is 17.2 Å². The van der Waals surface area contributed by atoms with Gasteiger partial charge < -0.3 is 20.5 Å². The Labute approximate surface area is 101 Å². The van der Waals surface area contributed by atoms with Gasteiger partial charge in [0.2, 0.25) is 6.79 Å². The van der Waals surface area contributed by atoms with Crippen molar-refractivity contribution in [1.82, 2.24) is 0 Å². The fourth-order valence-corrected chi connectivity index (χ4v) is 1.51. The molecule has 0 aliphatic carbocycles. The molecule has 0 aromatic heterocycles. The average Bonchev–Trinajstić information content (AvgIpc) is 2.61. The Morgan fingerprint density at radius 1 is 1.29 bits per heavy atom. The number of guanidine groups is 1. The molecule has 0 fully saturated rings. The Morgan fingerprint density at radius 2 is 2.00 bits per heavy atom. The molecule has 17 heavy (non-hydrogen) atoms. The lowest BCUT2D eigenvalue weighted by molar-refractivity contribution is 0.174. The first-order valence-corrected chi connectivity index (χ1v) is 5.46. The van der Waals surface area contributed by atoms with Crippen LogP contribution < -0.4 is 20.5 Å². The van der Waals surface area contributed by atoms with E-state index in [-0.39, 0.29) is 12.3 Å². The van der Waals surface area contributed by atoms with Crippen LogP contribution in [0.4, 0.5) is 5.69 Å². The number of nitrogens with two attached hydrogens (primary N) is 1. The largest absolute Gasteiger partial charge is 0.454 e. The van der Waals surface area contributed by atoms with E-state index in [9.17, 15) is 0 Å². The average molecular weight is 235 g/mol. The van der Waals surface area contributed by atoms with Gasteiger partial charge in [-0.1, -0.05) is 0 Å². The number of fused-ring (bicyclic) bond motifs is 1. The number of nitrogens with one attached hydrogen (secondary N) is 1. The lowest BCUT2D eigenvalue weighted by atomic mass is 10.1. The zero-order chi connectivity index (χ0) is 12.5. The third-order valence-corrected chi connectivity index (χ3v) is 2.10. The van der Waals surface area contributed by atoms with Crippen molar-refractivity contribution >= 4 is 11.6 Å². The first-order valence-electron chi connectivity index (χ1n) is 5.46. The number of rotatable bonds is 1. The number of nitrogens with zero attached hydrogens (tertiary/aromatic N) is 1. The van der Waals surface area contributed by atoms with Crippen LogP contribution in [0.3, 0.4) is 0 Å². The molecule has 0 atom stereocenters. The summed E-state index contributed by atoms with van der Waals surface area (Å²) in [5.74, 6) is 1.86. The van der Waals surface area contributed by atoms with Gasteiger partial charge in [-0.3, -0.25) is 0 Å². The highest BCUT2D eigenvalue weighted by molar-refractivity contribution is 5.92. The van der Waals surface area contributed by atoms with E-state index in [1.807, 2.05) is 39.0 Å². The zero-order valence-electron chi connectivity index (χ0n) is 10.3. The third kappa shape index (κ3) is 3.03. The van der Waals surface area contributed by atoms with E-state index >= 15 is 0 Å². The first-order chi connectivity index (χ1) is 7.94. The molecule has 3 N–H and O–H groups in total. The van der Waals surface area contributed by atoms with Crippen LogP contribution in [-0.2, 0) is 0 Å². The molecule has 0 bridgehead atoms. The minimum atomic E-state index is -0.201. The van der Waals surface area contributed by atoms with Crippen molar-refractivity contribution in [3.63, 3.8) is 0 Å². The minimum absolute atomic E-state index is 0.201. The summed E-state index contributed by atoms with van der Waals surface area (Å²) in [6.07, 6.45) is 0. The number of anilines is 1. The molecule has 0 saturated carbocycles. The maximum absolute atomic E-state index is 5.80. The van der Waals surface area contributed by atoms with Crippen LogP contribution in [-0.4, -0.2) is 18.3 Å². The van der Waals surface area contributed by atoms with Crippen molar-refractivity contribution < 1.29 is 9.47 Å². The normalized spacial score (nSPS) is 14.9. The lowest BCUT2D eigenvalue weighted by Crippen LogP contribution is -2.27. The van der Waals surface area contributed by atoms with E-state index in [4.69, 9.17) is 15.2 Å². The number of aliphatic imine (C=N–C) groups is 1. The molecule has 0 spiro atoms. The molecule has 1 aliphatic rings. The van der Waals surface area contributed by atoms with Crippen molar-refractivity contribution in [3.05, 3.63) is 18.2 Å². The number of benzene rings is 1. The van der Waals surface area contributed by atoms with E-state index in [0.29, 0.717) is 5.96 Å². The van der Waals surface area contributed by atoms with E-state index < -0.39 is 0 Å². The highest BCUT2D eigenvalue weighted by Crippen LogP contribution is 2.34. The topological polar surface area (TPSA) is 68.9 Å². The SMILES string of the molecule is CC(C)(C)N=C(N)Nc1ccc2c(c1)OCO2. The van der Waals surface area contributed by atoms with Crippen molar-refractivity contribution in [1.29, 1.82) is 0 Å². The zero-order valence-corrected chi connectivity index (χ0v) is 10.3. The van der Waals surface area contributed by atoms with Crippen molar-refractivity contribution in [2.45, 2.75) is 26.3 Å².